The van der Waals surface area contributed by atoms with Crippen LogP contribution < -0.4 is 5.73 Å². The molecule has 0 aliphatic heterocycles. The maximum Gasteiger partial charge on any atom is 0.306 e. The van der Waals surface area contributed by atoms with Crippen LogP contribution in [0.2, 0.25) is 0 Å². The van der Waals surface area contributed by atoms with Gasteiger partial charge in [-0.3, -0.25) is 9.59 Å². The normalized spacial score (nSPS) is 13.2. The summed E-state index contributed by atoms with van der Waals surface area (Å²) in [5.41, 5.74) is 6.71. The fraction of sp³-hybridized carbons (Fsp3) is 0.529. The first-order valence-corrected chi connectivity index (χ1v) is 7.59. The minimum absolute atomic E-state index is 0.0405. The van der Waals surface area contributed by atoms with Gasteiger partial charge in [-0.05, 0) is 12.0 Å². The number of ether oxygens (including phenoxy) is 2. The van der Waals surface area contributed by atoms with E-state index in [9.17, 15) is 9.59 Å². The maximum absolute atomic E-state index is 12.8. The number of rotatable bonds is 9. The Morgan fingerprint density at radius 3 is 2.39 bits per heavy atom. The summed E-state index contributed by atoms with van der Waals surface area (Å²) in [6, 6.07) is 9.39. The third kappa shape index (κ3) is 6.00. The highest BCUT2D eigenvalue weighted by Gasteiger charge is 2.28. The summed E-state index contributed by atoms with van der Waals surface area (Å²) in [5, 5.41) is 0. The molecule has 0 bridgehead atoms. The zero-order chi connectivity index (χ0) is 17.2. The van der Waals surface area contributed by atoms with Gasteiger partial charge in [-0.1, -0.05) is 30.3 Å². The molecule has 128 valence electrons. The molecular formula is C17H26N2O4. The molecule has 0 fully saturated rings. The summed E-state index contributed by atoms with van der Waals surface area (Å²) < 4.78 is 9.82. The second-order valence-corrected chi connectivity index (χ2v) is 5.46. The highest BCUT2D eigenvalue weighted by molar-refractivity contribution is 5.84. The minimum Gasteiger partial charge on any atom is -0.469 e. The fourth-order valence-electron chi connectivity index (χ4n) is 2.43. The second kappa shape index (κ2) is 9.97. The van der Waals surface area contributed by atoms with E-state index in [4.69, 9.17) is 15.2 Å². The lowest BCUT2D eigenvalue weighted by molar-refractivity contribution is -0.147. The number of esters is 1. The van der Waals surface area contributed by atoms with Gasteiger partial charge in [0.1, 0.15) is 0 Å². The molecule has 0 aliphatic carbocycles. The molecule has 0 saturated heterocycles. The van der Waals surface area contributed by atoms with Crippen molar-refractivity contribution in [3.8, 4) is 0 Å². The number of hydrogen-bond donors (Lipinski definition) is 1. The molecule has 0 spiro atoms. The Balaban J connectivity index is 2.88. The van der Waals surface area contributed by atoms with Crippen molar-refractivity contribution >= 4 is 11.9 Å². The van der Waals surface area contributed by atoms with Crippen LogP contribution in [0.5, 0.6) is 0 Å². The average Bonchev–Trinajstić information content (AvgIpc) is 2.58. The van der Waals surface area contributed by atoms with Gasteiger partial charge in [0.15, 0.2) is 0 Å². The molecule has 0 aliphatic rings. The molecule has 0 radical (unpaired) electrons. The van der Waals surface area contributed by atoms with E-state index in [1.807, 2.05) is 30.3 Å². The standard InChI is InChI=1S/C17H26N2O4/c1-19(15(11-18)12-22-2)17(21)14(10-16(20)23-3)9-13-7-5-4-6-8-13/h4-8,14-15H,9-12,18H2,1-3H3/t14-,15-/m1/s1. The van der Waals surface area contributed by atoms with Crippen molar-refractivity contribution in [2.45, 2.75) is 18.9 Å². The van der Waals surface area contributed by atoms with E-state index >= 15 is 0 Å². The third-order valence-corrected chi connectivity index (χ3v) is 3.84. The third-order valence-electron chi connectivity index (χ3n) is 3.84. The predicted octanol–water partition coefficient (Wildman–Crippen LogP) is 0.841. The van der Waals surface area contributed by atoms with Crippen molar-refractivity contribution in [2.24, 2.45) is 11.7 Å². The van der Waals surface area contributed by atoms with Crippen LogP contribution in [0, 0.1) is 5.92 Å². The van der Waals surface area contributed by atoms with E-state index in [0.29, 0.717) is 19.6 Å². The summed E-state index contributed by atoms with van der Waals surface area (Å²) in [6.45, 7) is 0.654. The molecule has 1 aromatic carbocycles. The molecule has 2 N–H and O–H groups in total. The van der Waals surface area contributed by atoms with Gasteiger partial charge in [0.25, 0.3) is 0 Å². The highest BCUT2D eigenvalue weighted by atomic mass is 16.5. The molecule has 6 nitrogen and oxygen atoms in total. The molecule has 1 rings (SSSR count). The summed E-state index contributed by atoms with van der Waals surface area (Å²) >= 11 is 0. The van der Waals surface area contributed by atoms with Crippen LogP contribution in [-0.4, -0.2) is 57.2 Å². The van der Waals surface area contributed by atoms with Crippen LogP contribution in [0.1, 0.15) is 12.0 Å². The largest absolute Gasteiger partial charge is 0.469 e. The van der Waals surface area contributed by atoms with E-state index < -0.39 is 11.9 Å². The van der Waals surface area contributed by atoms with E-state index in [1.165, 1.54) is 7.11 Å². The van der Waals surface area contributed by atoms with Crippen LogP contribution in [0.25, 0.3) is 0 Å². The number of carbonyl (C=O) groups excluding carboxylic acids is 2. The number of nitrogens with zero attached hydrogens (tertiary/aromatic N) is 1. The average molecular weight is 322 g/mol. The van der Waals surface area contributed by atoms with Crippen LogP contribution in [0.4, 0.5) is 0 Å². The number of amides is 1. The van der Waals surface area contributed by atoms with Crippen LogP contribution >= 0.6 is 0 Å². The number of methoxy groups -OCH3 is 2. The zero-order valence-corrected chi connectivity index (χ0v) is 14.0. The van der Waals surface area contributed by atoms with Gasteiger partial charge in [-0.25, -0.2) is 0 Å². The minimum atomic E-state index is -0.485. The molecular weight excluding hydrogens is 296 g/mol. The van der Waals surface area contributed by atoms with Crippen LogP contribution in [0.15, 0.2) is 30.3 Å². The van der Waals surface area contributed by atoms with Crippen LogP contribution in [-0.2, 0) is 25.5 Å². The van der Waals surface area contributed by atoms with Gasteiger partial charge in [0, 0.05) is 20.7 Å². The van der Waals surface area contributed by atoms with Gasteiger partial charge in [-0.2, -0.15) is 0 Å². The van der Waals surface area contributed by atoms with Crippen molar-refractivity contribution in [2.75, 3.05) is 34.4 Å². The zero-order valence-electron chi connectivity index (χ0n) is 14.0. The number of carbonyl (C=O) groups is 2. The predicted molar refractivity (Wildman–Crippen MR) is 87.8 cm³/mol. The Morgan fingerprint density at radius 1 is 1.22 bits per heavy atom. The van der Waals surface area contributed by atoms with Gasteiger partial charge >= 0.3 is 5.97 Å². The van der Waals surface area contributed by atoms with Gasteiger partial charge in [0.2, 0.25) is 5.91 Å². The SMILES string of the molecule is COC[C@@H](CN)N(C)C(=O)[C@@H](CC(=O)OC)Cc1ccccc1. The van der Waals surface area contributed by atoms with Crippen molar-refractivity contribution in [3.63, 3.8) is 0 Å². The lowest BCUT2D eigenvalue weighted by atomic mass is 9.94. The Labute approximate surface area is 137 Å². The van der Waals surface area contributed by atoms with Crippen LogP contribution in [0.3, 0.4) is 0 Å². The summed E-state index contributed by atoms with van der Waals surface area (Å²) in [6.07, 6.45) is 0.516. The molecule has 2 atom stereocenters. The number of nitrogens with two attached hydrogens (primary N) is 1. The summed E-state index contributed by atoms with van der Waals surface area (Å²) in [5.74, 6) is -1.02. The first-order chi connectivity index (χ1) is 11.0. The molecule has 6 heteroatoms. The van der Waals surface area contributed by atoms with Gasteiger partial charge < -0.3 is 20.1 Å². The Morgan fingerprint density at radius 2 is 1.87 bits per heavy atom. The van der Waals surface area contributed by atoms with Crippen molar-refractivity contribution in [1.82, 2.24) is 4.90 Å². The molecule has 0 saturated carbocycles. The lowest BCUT2D eigenvalue weighted by Crippen LogP contribution is -2.47. The molecule has 1 aromatic rings. The van der Waals surface area contributed by atoms with E-state index in [2.05, 4.69) is 0 Å². The smallest absolute Gasteiger partial charge is 0.306 e. The van der Waals surface area contributed by atoms with E-state index in [0.717, 1.165) is 5.56 Å². The fourth-order valence-corrected chi connectivity index (χ4v) is 2.43. The first-order valence-electron chi connectivity index (χ1n) is 7.59. The monoisotopic (exact) mass is 322 g/mol. The van der Waals surface area contributed by atoms with Crippen molar-refractivity contribution < 1.29 is 19.1 Å². The van der Waals surface area contributed by atoms with E-state index in [1.54, 1.807) is 19.1 Å². The topological polar surface area (TPSA) is 81.9 Å². The summed E-state index contributed by atoms with van der Waals surface area (Å²) in [7, 11) is 4.58. The Bertz CT molecular complexity index is 493. The first kappa shape index (κ1) is 19.1. The number of benzene rings is 1. The molecule has 1 amide bonds. The second-order valence-electron chi connectivity index (χ2n) is 5.46. The molecule has 0 aromatic heterocycles. The molecule has 0 heterocycles. The molecule has 0 unspecified atom stereocenters. The Hall–Kier alpha value is -1.92. The summed E-state index contributed by atoms with van der Waals surface area (Å²) in [4.78, 5) is 26.0. The van der Waals surface area contributed by atoms with Crippen molar-refractivity contribution in [1.29, 1.82) is 0 Å². The molecule has 23 heavy (non-hydrogen) atoms. The van der Waals surface area contributed by atoms with Gasteiger partial charge in [-0.15, -0.1) is 0 Å². The number of hydrogen-bond acceptors (Lipinski definition) is 5. The van der Waals surface area contributed by atoms with Gasteiger partial charge in [0.05, 0.1) is 32.1 Å². The van der Waals surface area contributed by atoms with Crippen molar-refractivity contribution in [3.05, 3.63) is 35.9 Å². The lowest BCUT2D eigenvalue weighted by Gasteiger charge is -2.30. The Kier molecular flexibility index (Phi) is 8.29. The quantitative estimate of drug-likeness (QED) is 0.681. The number of likely N-dealkylation sites (N-methyl/N-ethyl adjacent to an activating group) is 1. The van der Waals surface area contributed by atoms with E-state index in [-0.39, 0.29) is 18.4 Å². The highest BCUT2D eigenvalue weighted by Crippen LogP contribution is 2.17. The maximum atomic E-state index is 12.8.